The number of aromatic nitrogens is 1. The zero-order valence-electron chi connectivity index (χ0n) is 8.28. The molecule has 0 N–H and O–H groups in total. The molecule has 0 radical (unpaired) electrons. The molecule has 1 saturated heterocycles. The van der Waals surface area contributed by atoms with Crippen molar-refractivity contribution in [2.75, 3.05) is 11.4 Å². The molecule has 2 heterocycles. The van der Waals surface area contributed by atoms with Crippen molar-refractivity contribution in [3.8, 4) is 12.3 Å². The predicted octanol–water partition coefficient (Wildman–Crippen LogP) is 2.43. The lowest BCUT2D eigenvalue weighted by Crippen LogP contribution is -2.25. The van der Waals surface area contributed by atoms with Crippen LogP contribution in [0.5, 0.6) is 0 Å². The Labute approximate surface area is 116 Å². The second-order valence-corrected chi connectivity index (χ2v) is 5.43. The van der Waals surface area contributed by atoms with Gasteiger partial charge in [-0.15, -0.1) is 12.3 Å². The summed E-state index contributed by atoms with van der Waals surface area (Å²) in [6.07, 6.45) is 5.75. The molecule has 0 saturated carbocycles. The monoisotopic (exact) mass is 390 g/mol. The highest BCUT2D eigenvalue weighted by atomic mass is 127. The molecule has 16 heavy (non-hydrogen) atoms. The van der Waals surface area contributed by atoms with E-state index in [4.69, 9.17) is 6.42 Å². The minimum Gasteiger partial charge on any atom is -0.295 e. The maximum Gasteiger partial charge on any atom is 0.229 e. The van der Waals surface area contributed by atoms with Crippen LogP contribution in [-0.4, -0.2) is 17.4 Å². The van der Waals surface area contributed by atoms with Crippen molar-refractivity contribution in [1.82, 2.24) is 4.98 Å². The molecule has 0 bridgehead atoms. The number of rotatable bonds is 1. The largest absolute Gasteiger partial charge is 0.295 e. The third-order valence-corrected chi connectivity index (χ3v) is 4.64. The van der Waals surface area contributed by atoms with E-state index in [0.717, 1.165) is 8.17 Å². The zero-order valence-corrected chi connectivity index (χ0v) is 12.0. The van der Waals surface area contributed by atoms with Crippen LogP contribution in [0, 0.1) is 21.8 Å². The molecule has 1 aliphatic rings. The molecule has 1 fully saturated rings. The Morgan fingerprint density at radius 3 is 2.94 bits per heavy atom. The normalized spacial score (nSPS) is 19.9. The molecular weight excluding hydrogens is 383 g/mol. The minimum absolute atomic E-state index is 0.00681. The summed E-state index contributed by atoms with van der Waals surface area (Å²) in [5, 5.41) is 0. The molecule has 0 spiro atoms. The highest BCUT2D eigenvalue weighted by Crippen LogP contribution is 2.26. The van der Waals surface area contributed by atoms with E-state index < -0.39 is 0 Å². The maximum atomic E-state index is 11.7. The molecule has 1 aromatic rings. The Bertz CT molecular complexity index is 483. The van der Waals surface area contributed by atoms with Gasteiger partial charge in [-0.1, -0.05) is 0 Å². The van der Waals surface area contributed by atoms with Gasteiger partial charge in [0.05, 0.1) is 0 Å². The Morgan fingerprint density at radius 1 is 1.62 bits per heavy atom. The van der Waals surface area contributed by atoms with Crippen LogP contribution in [0.2, 0.25) is 0 Å². The minimum atomic E-state index is 0.00681. The first-order chi connectivity index (χ1) is 7.61. The number of amides is 1. The van der Waals surface area contributed by atoms with Crippen LogP contribution in [0.1, 0.15) is 6.42 Å². The summed E-state index contributed by atoms with van der Waals surface area (Å²) in [6, 6.07) is 3.76. The zero-order chi connectivity index (χ0) is 11.7. The smallest absolute Gasteiger partial charge is 0.229 e. The van der Waals surface area contributed by atoms with E-state index in [1.54, 1.807) is 4.90 Å². The molecule has 0 aliphatic carbocycles. The molecule has 0 aromatic carbocycles. The fourth-order valence-corrected chi connectivity index (χ4v) is 2.21. The lowest BCUT2D eigenvalue weighted by atomic mass is 10.1. The summed E-state index contributed by atoms with van der Waals surface area (Å²) < 4.78 is 1.77. The first kappa shape index (κ1) is 11.9. The van der Waals surface area contributed by atoms with E-state index in [9.17, 15) is 4.79 Å². The molecule has 1 unspecified atom stereocenters. The van der Waals surface area contributed by atoms with E-state index >= 15 is 0 Å². The van der Waals surface area contributed by atoms with Gasteiger partial charge in [0, 0.05) is 22.5 Å². The summed E-state index contributed by atoms with van der Waals surface area (Å²) in [7, 11) is 0. The molecule has 1 aromatic heterocycles. The average molecular weight is 391 g/mol. The van der Waals surface area contributed by atoms with Crippen LogP contribution >= 0.6 is 38.5 Å². The summed E-state index contributed by atoms with van der Waals surface area (Å²) in [6.45, 7) is 0.565. The van der Waals surface area contributed by atoms with Crippen LogP contribution < -0.4 is 4.90 Å². The number of halogens is 2. The van der Waals surface area contributed by atoms with Crippen molar-refractivity contribution < 1.29 is 4.79 Å². The van der Waals surface area contributed by atoms with Gasteiger partial charge in [-0.25, -0.2) is 4.98 Å². The second-order valence-electron chi connectivity index (χ2n) is 3.51. The number of hydrogen-bond donors (Lipinski definition) is 0. The third-order valence-electron chi connectivity index (χ3n) is 2.43. The molecule has 3 nitrogen and oxygen atoms in total. The number of nitrogens with zero attached hydrogens (tertiary/aromatic N) is 2. The first-order valence-electron chi connectivity index (χ1n) is 4.70. The van der Waals surface area contributed by atoms with Crippen LogP contribution in [0.25, 0.3) is 0 Å². The second kappa shape index (κ2) is 4.72. The Balaban J connectivity index is 2.29. The number of anilines is 1. The first-order valence-corrected chi connectivity index (χ1v) is 6.57. The van der Waals surface area contributed by atoms with Gasteiger partial charge < -0.3 is 0 Å². The van der Waals surface area contributed by atoms with Gasteiger partial charge >= 0.3 is 0 Å². The number of hydrogen-bond acceptors (Lipinski definition) is 2. The van der Waals surface area contributed by atoms with E-state index in [0.29, 0.717) is 18.8 Å². The molecule has 1 amide bonds. The van der Waals surface area contributed by atoms with Crippen molar-refractivity contribution in [3.63, 3.8) is 0 Å². The SMILES string of the molecule is C#CC1CC(=O)N(c2ccc(I)c(Br)n2)C1. The standard InChI is InChI=1S/C11H8BrIN2O/c1-2-7-5-10(16)15(6-7)9-4-3-8(13)11(12)14-9/h1,3-4,7H,5-6H2. The predicted molar refractivity (Wildman–Crippen MR) is 73.9 cm³/mol. The quantitative estimate of drug-likeness (QED) is 0.419. The lowest BCUT2D eigenvalue weighted by molar-refractivity contribution is -0.117. The summed E-state index contributed by atoms with van der Waals surface area (Å²) in [5.74, 6) is 3.33. The average Bonchev–Trinajstić information content (AvgIpc) is 2.64. The number of carbonyl (C=O) groups is 1. The van der Waals surface area contributed by atoms with E-state index in [2.05, 4.69) is 49.4 Å². The van der Waals surface area contributed by atoms with Gasteiger partial charge in [0.15, 0.2) is 0 Å². The molecule has 5 heteroatoms. The van der Waals surface area contributed by atoms with Crippen molar-refractivity contribution in [2.45, 2.75) is 6.42 Å². The van der Waals surface area contributed by atoms with Crippen LogP contribution in [0.15, 0.2) is 16.7 Å². The molecule has 1 atom stereocenters. The Hall–Kier alpha value is -0.610. The van der Waals surface area contributed by atoms with Gasteiger partial charge in [-0.3, -0.25) is 9.69 Å². The maximum absolute atomic E-state index is 11.7. The van der Waals surface area contributed by atoms with E-state index in [1.807, 2.05) is 12.1 Å². The lowest BCUT2D eigenvalue weighted by Gasteiger charge is -2.15. The third kappa shape index (κ3) is 2.23. The topological polar surface area (TPSA) is 33.2 Å². The number of carbonyl (C=O) groups excluding carboxylic acids is 1. The molecular formula is C11H8BrIN2O. The molecule has 2 rings (SSSR count). The fraction of sp³-hybridized carbons (Fsp3) is 0.273. The van der Waals surface area contributed by atoms with Crippen LogP contribution in [0.4, 0.5) is 5.82 Å². The summed E-state index contributed by atoms with van der Waals surface area (Å²) in [4.78, 5) is 17.7. The summed E-state index contributed by atoms with van der Waals surface area (Å²) in [5.41, 5.74) is 0. The van der Waals surface area contributed by atoms with E-state index in [-0.39, 0.29) is 11.8 Å². The van der Waals surface area contributed by atoms with Gasteiger partial charge in [-0.05, 0) is 50.7 Å². The van der Waals surface area contributed by atoms with Crippen molar-refractivity contribution in [1.29, 1.82) is 0 Å². The van der Waals surface area contributed by atoms with Gasteiger partial charge in [0.2, 0.25) is 5.91 Å². The van der Waals surface area contributed by atoms with Gasteiger partial charge in [-0.2, -0.15) is 0 Å². The van der Waals surface area contributed by atoms with Crippen LogP contribution in [-0.2, 0) is 4.79 Å². The Kier molecular flexibility index (Phi) is 3.50. The highest BCUT2D eigenvalue weighted by molar-refractivity contribution is 14.1. The van der Waals surface area contributed by atoms with Crippen molar-refractivity contribution in [3.05, 3.63) is 20.3 Å². The number of pyridine rings is 1. The van der Waals surface area contributed by atoms with Crippen molar-refractivity contribution >= 4 is 50.2 Å². The van der Waals surface area contributed by atoms with E-state index in [1.165, 1.54) is 0 Å². The fourth-order valence-electron chi connectivity index (χ4n) is 1.60. The van der Waals surface area contributed by atoms with Gasteiger partial charge in [0.25, 0.3) is 0 Å². The summed E-state index contributed by atoms with van der Waals surface area (Å²) >= 11 is 5.52. The van der Waals surface area contributed by atoms with Crippen LogP contribution in [0.3, 0.4) is 0 Å². The van der Waals surface area contributed by atoms with Crippen molar-refractivity contribution in [2.24, 2.45) is 5.92 Å². The highest BCUT2D eigenvalue weighted by Gasteiger charge is 2.30. The molecule has 1 aliphatic heterocycles. The molecule has 82 valence electrons. The Morgan fingerprint density at radius 2 is 2.38 bits per heavy atom. The number of terminal acetylenes is 1. The van der Waals surface area contributed by atoms with Gasteiger partial charge in [0.1, 0.15) is 10.4 Å².